The third-order valence-corrected chi connectivity index (χ3v) is 3.82. The number of nitrogens with one attached hydrogen (secondary N) is 1. The minimum absolute atomic E-state index is 0.175. The molecule has 1 aliphatic rings. The average Bonchev–Trinajstić information content (AvgIpc) is 3.02. The molecular formula is C17H14N6O. The van der Waals surface area contributed by atoms with E-state index in [1.165, 1.54) is 12.3 Å². The SMILES string of the molecule is NC(=O)c1ccnc(N2c3ccccc3NC2c2cccnc2)n1. The Bertz CT molecular complexity index is 898. The van der Waals surface area contributed by atoms with Crippen molar-refractivity contribution in [2.24, 2.45) is 5.73 Å². The van der Waals surface area contributed by atoms with Gasteiger partial charge in [0, 0.05) is 24.2 Å². The van der Waals surface area contributed by atoms with E-state index in [-0.39, 0.29) is 11.9 Å². The molecule has 0 radical (unpaired) electrons. The summed E-state index contributed by atoms with van der Waals surface area (Å²) >= 11 is 0. The zero-order chi connectivity index (χ0) is 16.5. The Morgan fingerprint density at radius 3 is 2.79 bits per heavy atom. The van der Waals surface area contributed by atoms with Gasteiger partial charge in [-0.3, -0.25) is 14.7 Å². The molecule has 1 aromatic carbocycles. The van der Waals surface area contributed by atoms with E-state index in [1.807, 2.05) is 41.3 Å². The van der Waals surface area contributed by atoms with Crippen molar-refractivity contribution >= 4 is 23.2 Å². The second-order valence-corrected chi connectivity index (χ2v) is 5.33. The van der Waals surface area contributed by atoms with Crippen molar-refractivity contribution < 1.29 is 4.79 Å². The highest BCUT2D eigenvalue weighted by molar-refractivity contribution is 5.91. The lowest BCUT2D eigenvalue weighted by atomic mass is 10.2. The number of primary amides is 1. The first-order chi connectivity index (χ1) is 11.7. The summed E-state index contributed by atoms with van der Waals surface area (Å²) in [5, 5.41) is 3.44. The Morgan fingerprint density at radius 1 is 1.12 bits per heavy atom. The fourth-order valence-electron chi connectivity index (χ4n) is 2.75. The Balaban J connectivity index is 1.85. The van der Waals surface area contributed by atoms with Gasteiger partial charge in [0.25, 0.3) is 5.91 Å². The Morgan fingerprint density at radius 2 is 2.00 bits per heavy atom. The standard InChI is InChI=1S/C17H14N6O/c18-15(24)13-7-9-20-17(22-13)23-14-6-2-1-5-12(14)21-16(23)11-4-3-8-19-10-11/h1-10,16,21H,(H2,18,24). The lowest BCUT2D eigenvalue weighted by Gasteiger charge is -2.25. The number of rotatable bonds is 3. The number of carbonyl (C=O) groups excluding carboxylic acids is 1. The molecule has 4 rings (SSSR count). The quantitative estimate of drug-likeness (QED) is 0.768. The number of hydrogen-bond acceptors (Lipinski definition) is 6. The molecular weight excluding hydrogens is 304 g/mol. The van der Waals surface area contributed by atoms with Crippen LogP contribution in [-0.4, -0.2) is 20.9 Å². The molecule has 7 nitrogen and oxygen atoms in total. The molecule has 1 unspecified atom stereocenters. The van der Waals surface area contributed by atoms with Gasteiger partial charge in [-0.15, -0.1) is 0 Å². The van der Waals surface area contributed by atoms with Crippen LogP contribution in [0.2, 0.25) is 0 Å². The van der Waals surface area contributed by atoms with Crippen molar-refractivity contribution in [2.45, 2.75) is 6.17 Å². The number of para-hydroxylation sites is 2. The number of benzene rings is 1. The molecule has 0 spiro atoms. The van der Waals surface area contributed by atoms with Gasteiger partial charge in [-0.1, -0.05) is 18.2 Å². The number of carbonyl (C=O) groups is 1. The van der Waals surface area contributed by atoms with Gasteiger partial charge in [0.15, 0.2) is 0 Å². The fourth-order valence-corrected chi connectivity index (χ4v) is 2.75. The van der Waals surface area contributed by atoms with Crippen LogP contribution < -0.4 is 16.0 Å². The topological polar surface area (TPSA) is 97.0 Å². The third-order valence-electron chi connectivity index (χ3n) is 3.82. The summed E-state index contributed by atoms with van der Waals surface area (Å²) in [5.41, 5.74) is 8.37. The Kier molecular flexibility index (Phi) is 3.31. The molecule has 0 bridgehead atoms. The predicted molar refractivity (Wildman–Crippen MR) is 89.7 cm³/mol. The molecule has 0 fully saturated rings. The van der Waals surface area contributed by atoms with Crippen LogP contribution in [0.3, 0.4) is 0 Å². The summed E-state index contributed by atoms with van der Waals surface area (Å²) in [5.74, 6) is -0.186. The van der Waals surface area contributed by atoms with E-state index in [0.29, 0.717) is 5.95 Å². The summed E-state index contributed by atoms with van der Waals surface area (Å²) < 4.78 is 0. The first-order valence-electron chi connectivity index (χ1n) is 7.41. The molecule has 7 heteroatoms. The van der Waals surface area contributed by atoms with E-state index in [1.54, 1.807) is 12.4 Å². The number of nitrogens with two attached hydrogens (primary N) is 1. The van der Waals surface area contributed by atoms with E-state index in [0.717, 1.165) is 16.9 Å². The van der Waals surface area contributed by atoms with Gasteiger partial charge in [-0.25, -0.2) is 9.97 Å². The molecule has 3 N–H and O–H groups in total. The van der Waals surface area contributed by atoms with Crippen molar-refractivity contribution in [3.63, 3.8) is 0 Å². The number of nitrogens with zero attached hydrogens (tertiary/aromatic N) is 4. The van der Waals surface area contributed by atoms with E-state index >= 15 is 0 Å². The van der Waals surface area contributed by atoms with Crippen LogP contribution in [-0.2, 0) is 0 Å². The van der Waals surface area contributed by atoms with Crippen LogP contribution in [0.4, 0.5) is 17.3 Å². The van der Waals surface area contributed by atoms with Crippen LogP contribution in [0.15, 0.2) is 61.1 Å². The van der Waals surface area contributed by atoms with Crippen molar-refractivity contribution in [3.05, 3.63) is 72.3 Å². The largest absolute Gasteiger partial charge is 0.364 e. The normalized spacial score (nSPS) is 15.7. The zero-order valence-corrected chi connectivity index (χ0v) is 12.6. The van der Waals surface area contributed by atoms with Gasteiger partial charge in [0.2, 0.25) is 5.95 Å². The van der Waals surface area contributed by atoms with Crippen LogP contribution in [0.5, 0.6) is 0 Å². The maximum absolute atomic E-state index is 11.5. The maximum Gasteiger partial charge on any atom is 0.267 e. The van der Waals surface area contributed by atoms with Gasteiger partial charge in [0.05, 0.1) is 11.4 Å². The molecule has 2 aromatic heterocycles. The van der Waals surface area contributed by atoms with Crippen molar-refractivity contribution in [3.8, 4) is 0 Å². The van der Waals surface area contributed by atoms with Gasteiger partial charge < -0.3 is 11.1 Å². The predicted octanol–water partition coefficient (Wildman–Crippen LogP) is 2.23. The lowest BCUT2D eigenvalue weighted by Crippen LogP contribution is -2.26. The molecule has 118 valence electrons. The smallest absolute Gasteiger partial charge is 0.267 e. The van der Waals surface area contributed by atoms with Gasteiger partial charge in [0.1, 0.15) is 11.9 Å². The highest BCUT2D eigenvalue weighted by Crippen LogP contribution is 2.44. The Hall–Kier alpha value is -3.48. The van der Waals surface area contributed by atoms with E-state index < -0.39 is 5.91 Å². The molecule has 24 heavy (non-hydrogen) atoms. The summed E-state index contributed by atoms with van der Waals surface area (Å²) in [6.07, 6.45) is 4.82. The van der Waals surface area contributed by atoms with Crippen LogP contribution in [0.1, 0.15) is 22.2 Å². The summed E-state index contributed by atoms with van der Waals surface area (Å²) in [4.78, 5) is 26.2. The van der Waals surface area contributed by atoms with E-state index in [9.17, 15) is 4.79 Å². The number of aromatic nitrogens is 3. The molecule has 3 aromatic rings. The summed E-state index contributed by atoms with van der Waals surface area (Å²) in [7, 11) is 0. The Labute approximate surface area is 138 Å². The lowest BCUT2D eigenvalue weighted by molar-refractivity contribution is 0.0995. The molecule has 1 atom stereocenters. The van der Waals surface area contributed by atoms with Gasteiger partial charge in [-0.2, -0.15) is 0 Å². The number of pyridine rings is 1. The van der Waals surface area contributed by atoms with Crippen LogP contribution in [0, 0.1) is 0 Å². The van der Waals surface area contributed by atoms with Crippen molar-refractivity contribution in [1.82, 2.24) is 15.0 Å². The van der Waals surface area contributed by atoms with Gasteiger partial charge in [-0.05, 0) is 24.3 Å². The van der Waals surface area contributed by atoms with E-state index in [4.69, 9.17) is 5.73 Å². The second-order valence-electron chi connectivity index (χ2n) is 5.33. The minimum atomic E-state index is -0.586. The van der Waals surface area contributed by atoms with Crippen LogP contribution in [0.25, 0.3) is 0 Å². The van der Waals surface area contributed by atoms with Crippen LogP contribution >= 0.6 is 0 Å². The number of amides is 1. The second kappa shape index (κ2) is 5.62. The fraction of sp³-hybridized carbons (Fsp3) is 0.0588. The maximum atomic E-state index is 11.5. The monoisotopic (exact) mass is 318 g/mol. The third kappa shape index (κ3) is 2.32. The minimum Gasteiger partial charge on any atom is -0.364 e. The summed E-state index contributed by atoms with van der Waals surface area (Å²) in [6.45, 7) is 0. The number of hydrogen-bond donors (Lipinski definition) is 2. The van der Waals surface area contributed by atoms with Crippen molar-refractivity contribution in [2.75, 3.05) is 10.2 Å². The molecule has 0 aliphatic carbocycles. The molecule has 0 saturated carbocycles. The van der Waals surface area contributed by atoms with Crippen molar-refractivity contribution in [1.29, 1.82) is 0 Å². The summed E-state index contributed by atoms with van der Waals surface area (Å²) in [6, 6.07) is 13.2. The van der Waals surface area contributed by atoms with E-state index in [2.05, 4.69) is 20.3 Å². The first-order valence-corrected chi connectivity index (χ1v) is 7.41. The highest BCUT2D eigenvalue weighted by atomic mass is 16.1. The first kappa shape index (κ1) is 14.1. The zero-order valence-electron chi connectivity index (χ0n) is 12.6. The number of fused-ring (bicyclic) bond motifs is 1. The molecule has 1 aliphatic heterocycles. The molecule has 0 saturated heterocycles. The average molecular weight is 318 g/mol. The molecule has 3 heterocycles. The molecule has 1 amide bonds. The number of anilines is 3. The van der Waals surface area contributed by atoms with Gasteiger partial charge >= 0.3 is 0 Å². The highest BCUT2D eigenvalue weighted by Gasteiger charge is 2.33.